The van der Waals surface area contributed by atoms with Crippen LogP contribution >= 0.6 is 0 Å². The lowest BCUT2D eigenvalue weighted by Crippen LogP contribution is -2.13. The number of rotatable bonds is 5. The molecule has 18 heavy (non-hydrogen) atoms. The van der Waals surface area contributed by atoms with Gasteiger partial charge in [0, 0.05) is 6.04 Å². The van der Waals surface area contributed by atoms with Crippen LogP contribution in [0, 0.1) is 17.8 Å². The minimum Gasteiger partial charge on any atom is -0.324 e. The van der Waals surface area contributed by atoms with Crippen molar-refractivity contribution in [2.75, 3.05) is 0 Å². The van der Waals surface area contributed by atoms with E-state index in [1.165, 1.54) is 44.1 Å². The smallest absolute Gasteiger partial charge is 0.0294 e. The van der Waals surface area contributed by atoms with Crippen LogP contribution in [0.25, 0.3) is 0 Å². The zero-order chi connectivity index (χ0) is 12.4. The lowest BCUT2D eigenvalue weighted by Gasteiger charge is -2.22. The minimum atomic E-state index is 0.241. The Kier molecular flexibility index (Phi) is 3.69. The number of benzene rings is 1. The zero-order valence-corrected chi connectivity index (χ0v) is 11.2. The fourth-order valence-corrected chi connectivity index (χ4v) is 4.20. The molecule has 1 aromatic carbocycles. The lowest BCUT2D eigenvalue weighted by atomic mass is 9.84. The molecule has 2 N–H and O–H groups in total. The van der Waals surface area contributed by atoms with Gasteiger partial charge in [0.25, 0.3) is 0 Å². The highest BCUT2D eigenvalue weighted by Crippen LogP contribution is 2.50. The topological polar surface area (TPSA) is 26.0 Å². The monoisotopic (exact) mass is 243 g/mol. The maximum atomic E-state index is 6.26. The quantitative estimate of drug-likeness (QED) is 0.820. The molecule has 2 aliphatic carbocycles. The molecule has 2 fully saturated rings. The summed E-state index contributed by atoms with van der Waals surface area (Å²) in [5.74, 6) is 3.19. The summed E-state index contributed by atoms with van der Waals surface area (Å²) in [6.07, 6.45) is 9.97. The molecule has 2 aliphatic rings. The molecular formula is C17H25N. The van der Waals surface area contributed by atoms with Gasteiger partial charge in [0.2, 0.25) is 0 Å². The highest BCUT2D eigenvalue weighted by molar-refractivity contribution is 5.18. The van der Waals surface area contributed by atoms with Crippen LogP contribution in [-0.2, 0) is 0 Å². The van der Waals surface area contributed by atoms with Crippen molar-refractivity contribution in [3.8, 4) is 0 Å². The molecule has 0 saturated heterocycles. The van der Waals surface area contributed by atoms with Crippen LogP contribution in [0.15, 0.2) is 30.3 Å². The van der Waals surface area contributed by atoms with Gasteiger partial charge in [-0.05, 0) is 49.0 Å². The number of hydrogen-bond acceptors (Lipinski definition) is 1. The van der Waals surface area contributed by atoms with Gasteiger partial charge >= 0.3 is 0 Å². The van der Waals surface area contributed by atoms with E-state index in [0.717, 1.165) is 24.2 Å². The normalized spacial score (nSPS) is 31.7. The molecule has 98 valence electrons. The van der Waals surface area contributed by atoms with Crippen molar-refractivity contribution in [3.05, 3.63) is 35.9 Å². The summed E-state index contributed by atoms with van der Waals surface area (Å²) in [4.78, 5) is 0. The molecule has 1 heteroatoms. The third-order valence-corrected chi connectivity index (χ3v) is 5.20. The van der Waals surface area contributed by atoms with Gasteiger partial charge in [-0.3, -0.25) is 0 Å². The number of fused-ring (bicyclic) bond motifs is 2. The molecule has 4 unspecified atom stereocenters. The van der Waals surface area contributed by atoms with Crippen molar-refractivity contribution in [2.24, 2.45) is 23.5 Å². The summed E-state index contributed by atoms with van der Waals surface area (Å²) in [6, 6.07) is 10.8. The second-order valence-corrected chi connectivity index (χ2v) is 6.38. The number of nitrogens with two attached hydrogens (primary N) is 1. The molecule has 0 aromatic heterocycles. The maximum Gasteiger partial charge on any atom is 0.0294 e. The Bertz CT molecular complexity index is 372. The Hall–Kier alpha value is -0.820. The van der Waals surface area contributed by atoms with Gasteiger partial charge in [0.15, 0.2) is 0 Å². The summed E-state index contributed by atoms with van der Waals surface area (Å²) in [6.45, 7) is 0. The number of hydrogen-bond donors (Lipinski definition) is 1. The van der Waals surface area contributed by atoms with Crippen LogP contribution in [0.1, 0.15) is 56.6 Å². The molecule has 2 bridgehead atoms. The van der Waals surface area contributed by atoms with Crippen LogP contribution in [0.5, 0.6) is 0 Å². The van der Waals surface area contributed by atoms with Crippen LogP contribution in [0.3, 0.4) is 0 Å². The van der Waals surface area contributed by atoms with E-state index < -0.39 is 0 Å². The lowest BCUT2D eigenvalue weighted by molar-refractivity contribution is 0.303. The first-order valence-corrected chi connectivity index (χ1v) is 7.63. The molecule has 0 radical (unpaired) electrons. The second-order valence-electron chi connectivity index (χ2n) is 6.38. The highest BCUT2D eigenvalue weighted by Gasteiger charge is 2.38. The molecule has 3 rings (SSSR count). The van der Waals surface area contributed by atoms with Gasteiger partial charge in [-0.15, -0.1) is 0 Å². The first-order valence-electron chi connectivity index (χ1n) is 7.63. The van der Waals surface area contributed by atoms with Gasteiger partial charge < -0.3 is 5.73 Å². The fraction of sp³-hybridized carbons (Fsp3) is 0.647. The largest absolute Gasteiger partial charge is 0.324 e. The molecule has 1 nitrogen and oxygen atoms in total. The van der Waals surface area contributed by atoms with Crippen LogP contribution in [0.4, 0.5) is 0 Å². The van der Waals surface area contributed by atoms with Gasteiger partial charge in [0.05, 0.1) is 0 Å². The van der Waals surface area contributed by atoms with Crippen LogP contribution in [-0.4, -0.2) is 0 Å². The molecule has 0 aliphatic heterocycles. The van der Waals surface area contributed by atoms with Gasteiger partial charge in [0.1, 0.15) is 0 Å². The van der Waals surface area contributed by atoms with Crippen molar-refractivity contribution in [3.63, 3.8) is 0 Å². The van der Waals surface area contributed by atoms with Crippen molar-refractivity contribution in [2.45, 2.75) is 51.0 Å². The van der Waals surface area contributed by atoms with Gasteiger partial charge in [-0.25, -0.2) is 0 Å². The van der Waals surface area contributed by atoms with Crippen LogP contribution in [0.2, 0.25) is 0 Å². The molecular weight excluding hydrogens is 218 g/mol. The predicted octanol–water partition coefficient (Wildman–Crippen LogP) is 4.29. The Morgan fingerprint density at radius 2 is 1.94 bits per heavy atom. The average Bonchev–Trinajstić information content (AvgIpc) is 3.02. The first-order chi connectivity index (χ1) is 8.83. The molecule has 0 amide bonds. The minimum absolute atomic E-state index is 0.241. The first kappa shape index (κ1) is 12.2. The molecule has 1 aromatic rings. The van der Waals surface area contributed by atoms with E-state index in [2.05, 4.69) is 30.3 Å². The van der Waals surface area contributed by atoms with Crippen molar-refractivity contribution in [1.82, 2.24) is 0 Å². The van der Waals surface area contributed by atoms with E-state index >= 15 is 0 Å². The summed E-state index contributed by atoms with van der Waals surface area (Å²) >= 11 is 0. The summed E-state index contributed by atoms with van der Waals surface area (Å²) in [5.41, 5.74) is 7.55. The Labute approximate surface area is 111 Å². The molecule has 0 heterocycles. The molecule has 0 spiro atoms. The van der Waals surface area contributed by atoms with Crippen molar-refractivity contribution < 1.29 is 0 Å². The third kappa shape index (κ3) is 2.61. The predicted molar refractivity (Wildman–Crippen MR) is 76.2 cm³/mol. The zero-order valence-electron chi connectivity index (χ0n) is 11.2. The van der Waals surface area contributed by atoms with E-state index in [-0.39, 0.29) is 6.04 Å². The highest BCUT2D eigenvalue weighted by atomic mass is 14.6. The van der Waals surface area contributed by atoms with Crippen molar-refractivity contribution >= 4 is 0 Å². The third-order valence-electron chi connectivity index (χ3n) is 5.20. The van der Waals surface area contributed by atoms with Crippen molar-refractivity contribution in [1.29, 1.82) is 0 Å². The SMILES string of the molecule is NC(CCCC1CC2CCC1C2)c1ccccc1. The Morgan fingerprint density at radius 3 is 2.61 bits per heavy atom. The fourth-order valence-electron chi connectivity index (χ4n) is 4.20. The Balaban J connectivity index is 1.42. The van der Waals surface area contributed by atoms with E-state index in [0.29, 0.717) is 0 Å². The maximum absolute atomic E-state index is 6.26. The van der Waals surface area contributed by atoms with E-state index in [1.807, 2.05) is 0 Å². The average molecular weight is 243 g/mol. The molecule has 4 atom stereocenters. The van der Waals surface area contributed by atoms with E-state index in [4.69, 9.17) is 5.73 Å². The summed E-state index contributed by atoms with van der Waals surface area (Å²) in [5, 5.41) is 0. The standard InChI is InChI=1S/C17H25N/c18-17(14-5-2-1-3-6-14)8-4-7-15-11-13-9-10-16(15)12-13/h1-3,5-6,13,15-17H,4,7-12,18H2. The Morgan fingerprint density at radius 1 is 1.11 bits per heavy atom. The van der Waals surface area contributed by atoms with E-state index in [9.17, 15) is 0 Å². The summed E-state index contributed by atoms with van der Waals surface area (Å²) in [7, 11) is 0. The van der Waals surface area contributed by atoms with Gasteiger partial charge in [-0.2, -0.15) is 0 Å². The van der Waals surface area contributed by atoms with Gasteiger partial charge in [-0.1, -0.05) is 49.6 Å². The second kappa shape index (κ2) is 5.44. The summed E-state index contributed by atoms with van der Waals surface area (Å²) < 4.78 is 0. The van der Waals surface area contributed by atoms with E-state index in [1.54, 1.807) is 0 Å². The molecule has 2 saturated carbocycles. The van der Waals surface area contributed by atoms with Crippen LogP contribution < -0.4 is 5.73 Å².